The minimum Gasteiger partial charge on any atom is -0.480 e. The quantitative estimate of drug-likeness (QED) is 0.290. The molecule has 9 heavy (non-hydrogen) atoms. The van der Waals surface area contributed by atoms with E-state index >= 15 is 0 Å². The lowest BCUT2D eigenvalue weighted by molar-refractivity contribution is -0.138. The van der Waals surface area contributed by atoms with Crippen molar-refractivity contribution in [3.8, 4) is 0 Å². The van der Waals surface area contributed by atoms with E-state index in [4.69, 9.17) is 5.11 Å². The second-order valence-corrected chi connectivity index (χ2v) is 1.66. The van der Waals surface area contributed by atoms with E-state index in [-0.39, 0.29) is 5.75 Å². The molecule has 0 aliphatic heterocycles. The van der Waals surface area contributed by atoms with Crippen LogP contribution in [0.1, 0.15) is 0 Å². The van der Waals surface area contributed by atoms with Crippen molar-refractivity contribution in [1.82, 2.24) is 5.43 Å². The minimum atomic E-state index is -1.13. The van der Waals surface area contributed by atoms with Gasteiger partial charge in [0.2, 0.25) is 0 Å². The summed E-state index contributed by atoms with van der Waals surface area (Å²) in [6, 6.07) is -0.981. The largest absolute Gasteiger partial charge is 0.480 e. The molecule has 0 spiro atoms. The summed E-state index contributed by atoms with van der Waals surface area (Å²) in [7, 11) is 0. The zero-order valence-corrected chi connectivity index (χ0v) is 5.34. The van der Waals surface area contributed by atoms with Crippen LogP contribution in [-0.4, -0.2) is 22.9 Å². The van der Waals surface area contributed by atoms with E-state index in [0.717, 1.165) is 0 Å². The fourth-order valence-corrected chi connectivity index (χ4v) is 0.476. The topological polar surface area (TPSA) is 78.8 Å². The van der Waals surface area contributed by atoms with Crippen LogP contribution in [0.2, 0.25) is 0 Å². The molecule has 2 N–H and O–H groups in total. The summed E-state index contributed by atoms with van der Waals surface area (Å²) in [5.41, 5.74) is 1.83. The molecule has 1 unspecified atom stereocenters. The number of carboxylic acids is 1. The number of carboxylic acid groups (broad SMARTS) is 1. The number of nitrogens with one attached hydrogen (secondary N) is 1. The Bertz CT molecular complexity index is 118. The molecule has 0 aliphatic carbocycles. The van der Waals surface area contributed by atoms with Crippen LogP contribution >= 0.6 is 12.6 Å². The van der Waals surface area contributed by atoms with Gasteiger partial charge in [0.1, 0.15) is 0 Å². The van der Waals surface area contributed by atoms with Crippen LogP contribution in [0.15, 0.2) is 5.29 Å². The van der Waals surface area contributed by atoms with Crippen LogP contribution in [0.3, 0.4) is 0 Å². The fraction of sp³-hybridized carbons (Fsp3) is 0.667. The van der Waals surface area contributed by atoms with Crippen molar-refractivity contribution in [3.05, 3.63) is 4.91 Å². The lowest BCUT2D eigenvalue weighted by Gasteiger charge is -2.03. The Balaban J connectivity index is 3.67. The molecule has 0 aromatic carbocycles. The number of thiol groups is 1. The molecule has 0 aromatic rings. The predicted molar refractivity (Wildman–Crippen MR) is 34.2 cm³/mol. The smallest absolute Gasteiger partial charge is 0.328 e. The second-order valence-electron chi connectivity index (χ2n) is 1.29. The molecule has 0 aromatic heterocycles. The molecule has 0 fully saturated rings. The first-order valence-corrected chi connectivity index (χ1v) is 2.77. The van der Waals surface area contributed by atoms with Crippen LogP contribution < -0.4 is 5.43 Å². The van der Waals surface area contributed by atoms with Gasteiger partial charge in [-0.25, -0.2) is 4.79 Å². The highest BCUT2D eigenvalue weighted by molar-refractivity contribution is 7.80. The third-order valence-corrected chi connectivity index (χ3v) is 1.05. The van der Waals surface area contributed by atoms with Gasteiger partial charge in [-0.2, -0.15) is 12.6 Å². The molecule has 0 radical (unpaired) electrons. The van der Waals surface area contributed by atoms with Gasteiger partial charge < -0.3 is 5.11 Å². The minimum absolute atomic E-state index is 0.0427. The van der Waals surface area contributed by atoms with E-state index in [2.05, 4.69) is 17.9 Å². The molecule has 0 saturated carbocycles. The highest BCUT2D eigenvalue weighted by atomic mass is 32.1. The molecular formula is C3H6N2O3S. The molecular weight excluding hydrogens is 144 g/mol. The number of carbonyl (C=O) groups is 1. The maximum atomic E-state index is 10.0. The molecule has 0 heterocycles. The number of nitrogens with zero attached hydrogens (tertiary/aromatic N) is 1. The number of nitroso groups, excluding NO2 is 1. The van der Waals surface area contributed by atoms with Crippen LogP contribution in [0.25, 0.3) is 0 Å². The summed E-state index contributed by atoms with van der Waals surface area (Å²) in [6.07, 6.45) is 0. The van der Waals surface area contributed by atoms with E-state index in [1.807, 2.05) is 5.43 Å². The predicted octanol–water partition coefficient (Wildman–Crippen LogP) is -0.360. The van der Waals surface area contributed by atoms with Gasteiger partial charge in [0.25, 0.3) is 0 Å². The maximum absolute atomic E-state index is 10.0. The van der Waals surface area contributed by atoms with Gasteiger partial charge in [0.05, 0.1) is 5.29 Å². The first-order valence-electron chi connectivity index (χ1n) is 2.14. The van der Waals surface area contributed by atoms with Gasteiger partial charge in [0.15, 0.2) is 6.04 Å². The number of hydrogen-bond acceptors (Lipinski definition) is 4. The van der Waals surface area contributed by atoms with Gasteiger partial charge >= 0.3 is 5.97 Å². The first kappa shape index (κ1) is 8.22. The lowest BCUT2D eigenvalue weighted by Crippen LogP contribution is -2.34. The first-order chi connectivity index (χ1) is 4.22. The third-order valence-electron chi connectivity index (χ3n) is 0.689. The summed E-state index contributed by atoms with van der Waals surface area (Å²) in [6.45, 7) is 0. The van der Waals surface area contributed by atoms with Crippen molar-refractivity contribution in [2.45, 2.75) is 6.04 Å². The second kappa shape index (κ2) is 4.13. The molecule has 5 nitrogen and oxygen atoms in total. The van der Waals surface area contributed by atoms with Crippen LogP contribution in [0.5, 0.6) is 0 Å². The highest BCUT2D eigenvalue weighted by Gasteiger charge is 2.13. The summed E-state index contributed by atoms with van der Waals surface area (Å²) < 4.78 is 0. The SMILES string of the molecule is O=NNC(CS)C(=O)O. The zero-order valence-electron chi connectivity index (χ0n) is 4.44. The zero-order chi connectivity index (χ0) is 7.28. The average molecular weight is 150 g/mol. The summed E-state index contributed by atoms with van der Waals surface area (Å²) in [5, 5.41) is 10.4. The van der Waals surface area contributed by atoms with Gasteiger partial charge in [0, 0.05) is 5.75 Å². The summed E-state index contributed by atoms with van der Waals surface area (Å²) >= 11 is 3.65. The highest BCUT2D eigenvalue weighted by Crippen LogP contribution is 1.86. The molecule has 1 atom stereocenters. The fourth-order valence-electron chi connectivity index (χ4n) is 0.238. The van der Waals surface area contributed by atoms with Gasteiger partial charge in [-0.15, -0.1) is 4.91 Å². The molecule has 0 amide bonds. The molecule has 0 aliphatic rings. The maximum Gasteiger partial charge on any atom is 0.328 e. The third kappa shape index (κ3) is 2.91. The Kier molecular flexibility index (Phi) is 3.78. The van der Waals surface area contributed by atoms with E-state index in [1.54, 1.807) is 0 Å². The van der Waals surface area contributed by atoms with Gasteiger partial charge in [-0.1, -0.05) is 0 Å². The Hall–Kier alpha value is -0.780. The standard InChI is InChI=1S/C3H6N2O3S/c6-3(7)2(1-9)4-5-8/h2,9H,1H2,(H,4,8)(H,6,7). The molecule has 0 bridgehead atoms. The Morgan fingerprint density at radius 2 is 2.44 bits per heavy atom. The van der Waals surface area contributed by atoms with Crippen molar-refractivity contribution < 1.29 is 9.90 Å². The van der Waals surface area contributed by atoms with Gasteiger partial charge in [-0.05, 0) is 0 Å². The molecule has 0 saturated heterocycles. The Morgan fingerprint density at radius 1 is 1.89 bits per heavy atom. The van der Waals surface area contributed by atoms with Crippen molar-refractivity contribution in [1.29, 1.82) is 0 Å². The monoisotopic (exact) mass is 150 g/mol. The van der Waals surface area contributed by atoms with Crippen molar-refractivity contribution in [2.24, 2.45) is 5.29 Å². The summed E-state index contributed by atoms with van der Waals surface area (Å²) in [4.78, 5) is 19.4. The van der Waals surface area contributed by atoms with Crippen molar-refractivity contribution in [2.75, 3.05) is 5.75 Å². The van der Waals surface area contributed by atoms with Gasteiger partial charge in [-0.3, -0.25) is 5.43 Å². The van der Waals surface area contributed by atoms with E-state index in [0.29, 0.717) is 0 Å². The Labute approximate surface area is 56.8 Å². The Morgan fingerprint density at radius 3 is 2.56 bits per heavy atom. The van der Waals surface area contributed by atoms with Crippen LogP contribution in [-0.2, 0) is 4.79 Å². The number of hydrogen-bond donors (Lipinski definition) is 3. The molecule has 52 valence electrons. The summed E-state index contributed by atoms with van der Waals surface area (Å²) in [5.74, 6) is -1.09. The van der Waals surface area contributed by atoms with Crippen LogP contribution in [0.4, 0.5) is 0 Å². The average Bonchev–Trinajstić information content (AvgIpc) is 1.82. The van der Waals surface area contributed by atoms with Crippen LogP contribution in [0, 0.1) is 4.91 Å². The van der Waals surface area contributed by atoms with E-state index < -0.39 is 12.0 Å². The van der Waals surface area contributed by atoms with Crippen molar-refractivity contribution in [3.63, 3.8) is 0 Å². The normalized spacial score (nSPS) is 12.1. The van der Waals surface area contributed by atoms with E-state index in [9.17, 15) is 9.70 Å². The number of rotatable bonds is 4. The molecule has 6 heteroatoms. The lowest BCUT2D eigenvalue weighted by atomic mass is 10.4. The number of aliphatic carboxylic acids is 1. The van der Waals surface area contributed by atoms with Crippen molar-refractivity contribution >= 4 is 18.6 Å². The molecule has 0 rings (SSSR count). The van der Waals surface area contributed by atoms with E-state index in [1.165, 1.54) is 0 Å².